The normalized spacial score (nSPS) is 13.0. The fourth-order valence-electron chi connectivity index (χ4n) is 2.23. The molecule has 0 heterocycles. The Balaban J connectivity index is 0.00000118. The first-order chi connectivity index (χ1) is 14.8. The fourth-order valence-corrected chi connectivity index (χ4v) is 2.23. The molecule has 0 saturated heterocycles. The molecular weight excluding hydrogens is 431 g/mol. The number of hydrogen-bond acceptors (Lipinski definition) is 5. The Bertz CT molecular complexity index is 765. The SMILES string of the molecule is CC[C@H](N)C(=O)N[C@H](/C=C/C(=O)Nc1ccc(OC)cc1)CC(C)C.O=C(O)C(F)(F)F. The summed E-state index contributed by atoms with van der Waals surface area (Å²) < 4.78 is 36.8. The van der Waals surface area contributed by atoms with Crippen LogP contribution in [0.15, 0.2) is 36.4 Å². The summed E-state index contributed by atoms with van der Waals surface area (Å²) in [7, 11) is 1.59. The molecule has 0 aliphatic rings. The molecule has 0 saturated carbocycles. The first-order valence-electron chi connectivity index (χ1n) is 9.79. The van der Waals surface area contributed by atoms with Crippen LogP contribution in [0, 0.1) is 5.92 Å². The number of carboxylic acids is 1. The summed E-state index contributed by atoms with van der Waals surface area (Å²) in [6, 6.07) is 6.31. The van der Waals surface area contributed by atoms with E-state index in [0.29, 0.717) is 18.0 Å². The number of anilines is 1. The number of ether oxygens (including phenoxy) is 1. The standard InChI is InChI=1S/C19H29N3O3.C2HF3O2/c1-5-17(20)19(24)22-15(12-13(2)3)8-11-18(23)21-14-6-9-16(25-4)10-7-14;3-2(4,5)1(6)7/h6-11,13,15,17H,5,12,20H2,1-4H3,(H,21,23)(H,22,24);(H,6,7)/b11-8+;/t15-,17+;/m1./s1. The number of benzene rings is 1. The molecule has 5 N–H and O–H groups in total. The van der Waals surface area contributed by atoms with Crippen molar-refractivity contribution in [3.05, 3.63) is 36.4 Å². The Morgan fingerprint density at radius 2 is 1.72 bits per heavy atom. The number of alkyl halides is 3. The molecule has 0 aromatic heterocycles. The minimum absolute atomic E-state index is 0.201. The van der Waals surface area contributed by atoms with Gasteiger partial charge in [-0.2, -0.15) is 13.2 Å². The highest BCUT2D eigenvalue weighted by molar-refractivity contribution is 5.99. The van der Waals surface area contributed by atoms with Gasteiger partial charge in [0.1, 0.15) is 5.75 Å². The largest absolute Gasteiger partial charge is 0.497 e. The molecule has 0 unspecified atom stereocenters. The van der Waals surface area contributed by atoms with E-state index in [-0.39, 0.29) is 17.9 Å². The molecule has 1 aromatic carbocycles. The summed E-state index contributed by atoms with van der Waals surface area (Å²) in [6.07, 6.45) is -0.634. The topological polar surface area (TPSA) is 131 Å². The van der Waals surface area contributed by atoms with Gasteiger partial charge in [0.25, 0.3) is 0 Å². The molecule has 180 valence electrons. The molecule has 0 aliphatic heterocycles. The first-order valence-corrected chi connectivity index (χ1v) is 9.79. The second kappa shape index (κ2) is 14.1. The second-order valence-electron chi connectivity index (χ2n) is 7.14. The van der Waals surface area contributed by atoms with Crippen LogP contribution in [-0.2, 0) is 14.4 Å². The lowest BCUT2D eigenvalue weighted by Crippen LogP contribution is -2.44. The van der Waals surface area contributed by atoms with Crippen LogP contribution >= 0.6 is 0 Å². The Kier molecular flexibility index (Phi) is 12.7. The van der Waals surface area contributed by atoms with Crippen molar-refractivity contribution in [3.8, 4) is 5.75 Å². The molecule has 11 heteroatoms. The zero-order valence-electron chi connectivity index (χ0n) is 18.4. The molecule has 8 nitrogen and oxygen atoms in total. The van der Waals surface area contributed by atoms with Gasteiger partial charge >= 0.3 is 12.1 Å². The van der Waals surface area contributed by atoms with E-state index in [2.05, 4.69) is 24.5 Å². The van der Waals surface area contributed by atoms with Crippen molar-refractivity contribution in [1.82, 2.24) is 5.32 Å². The third-order valence-corrected chi connectivity index (χ3v) is 3.91. The highest BCUT2D eigenvalue weighted by atomic mass is 19.4. The van der Waals surface area contributed by atoms with Crippen molar-refractivity contribution in [3.63, 3.8) is 0 Å². The van der Waals surface area contributed by atoms with Crippen LogP contribution in [0.4, 0.5) is 18.9 Å². The number of nitrogens with two attached hydrogens (primary N) is 1. The van der Waals surface area contributed by atoms with Crippen LogP contribution in [0.25, 0.3) is 0 Å². The molecule has 0 spiro atoms. The summed E-state index contributed by atoms with van der Waals surface area (Å²) in [6.45, 7) is 5.98. The lowest BCUT2D eigenvalue weighted by Gasteiger charge is -2.19. The minimum atomic E-state index is -5.08. The van der Waals surface area contributed by atoms with E-state index in [1.165, 1.54) is 6.08 Å². The number of carboxylic acid groups (broad SMARTS) is 1. The minimum Gasteiger partial charge on any atom is -0.497 e. The van der Waals surface area contributed by atoms with Gasteiger partial charge in [-0.15, -0.1) is 0 Å². The van der Waals surface area contributed by atoms with E-state index >= 15 is 0 Å². The monoisotopic (exact) mass is 461 g/mol. The number of aliphatic carboxylic acids is 1. The lowest BCUT2D eigenvalue weighted by atomic mass is 10.0. The van der Waals surface area contributed by atoms with Gasteiger partial charge in [0.15, 0.2) is 0 Å². The molecule has 0 aliphatic carbocycles. The van der Waals surface area contributed by atoms with Crippen molar-refractivity contribution in [1.29, 1.82) is 0 Å². The smallest absolute Gasteiger partial charge is 0.490 e. The van der Waals surface area contributed by atoms with Crippen molar-refractivity contribution in [2.24, 2.45) is 11.7 Å². The zero-order chi connectivity index (χ0) is 24.9. The summed E-state index contributed by atoms with van der Waals surface area (Å²) in [5, 5.41) is 12.8. The van der Waals surface area contributed by atoms with Crippen LogP contribution in [0.1, 0.15) is 33.6 Å². The van der Waals surface area contributed by atoms with Gasteiger partial charge in [0.2, 0.25) is 11.8 Å². The third-order valence-electron chi connectivity index (χ3n) is 3.91. The number of rotatable bonds is 9. The van der Waals surface area contributed by atoms with Crippen molar-refractivity contribution in [2.75, 3.05) is 12.4 Å². The van der Waals surface area contributed by atoms with Crippen molar-refractivity contribution < 1.29 is 37.4 Å². The predicted molar refractivity (Wildman–Crippen MR) is 114 cm³/mol. The van der Waals surface area contributed by atoms with Gasteiger partial charge in [0.05, 0.1) is 13.2 Å². The maximum atomic E-state index is 12.1. The lowest BCUT2D eigenvalue weighted by molar-refractivity contribution is -0.192. The van der Waals surface area contributed by atoms with Crippen LogP contribution in [-0.4, -0.2) is 48.3 Å². The van der Waals surface area contributed by atoms with Gasteiger partial charge < -0.3 is 26.2 Å². The van der Waals surface area contributed by atoms with E-state index in [4.69, 9.17) is 20.4 Å². The zero-order valence-corrected chi connectivity index (χ0v) is 18.4. The average Bonchev–Trinajstić information content (AvgIpc) is 2.71. The molecule has 1 aromatic rings. The molecule has 32 heavy (non-hydrogen) atoms. The molecular formula is C21H30F3N3O5. The highest BCUT2D eigenvalue weighted by Gasteiger charge is 2.38. The van der Waals surface area contributed by atoms with E-state index in [9.17, 15) is 22.8 Å². The average molecular weight is 461 g/mol. The highest BCUT2D eigenvalue weighted by Crippen LogP contribution is 2.15. The van der Waals surface area contributed by atoms with Crippen LogP contribution in [0.2, 0.25) is 0 Å². The Labute approximate surface area is 185 Å². The summed E-state index contributed by atoms with van der Waals surface area (Å²) in [5.74, 6) is -2.12. The Morgan fingerprint density at radius 3 is 2.12 bits per heavy atom. The van der Waals surface area contributed by atoms with Gasteiger partial charge in [-0.3, -0.25) is 9.59 Å². The Hall–Kier alpha value is -3.08. The number of amides is 2. The van der Waals surface area contributed by atoms with E-state index < -0.39 is 18.2 Å². The quantitative estimate of drug-likeness (QED) is 0.418. The number of carbonyl (C=O) groups excluding carboxylic acids is 2. The molecule has 0 radical (unpaired) electrons. The molecule has 0 bridgehead atoms. The van der Waals surface area contributed by atoms with Crippen LogP contribution in [0.5, 0.6) is 5.75 Å². The first kappa shape index (κ1) is 28.9. The Morgan fingerprint density at radius 1 is 1.19 bits per heavy atom. The second-order valence-corrected chi connectivity index (χ2v) is 7.14. The number of hydrogen-bond donors (Lipinski definition) is 4. The number of nitrogens with one attached hydrogen (secondary N) is 2. The van der Waals surface area contributed by atoms with Crippen LogP contribution < -0.4 is 21.1 Å². The van der Waals surface area contributed by atoms with E-state index in [1.807, 2.05) is 6.92 Å². The molecule has 0 fully saturated rings. The van der Waals surface area contributed by atoms with Gasteiger partial charge in [0, 0.05) is 17.8 Å². The maximum Gasteiger partial charge on any atom is 0.490 e. The summed E-state index contributed by atoms with van der Waals surface area (Å²) >= 11 is 0. The number of halogens is 3. The summed E-state index contributed by atoms with van der Waals surface area (Å²) in [4.78, 5) is 32.9. The van der Waals surface area contributed by atoms with Gasteiger partial charge in [-0.05, 0) is 43.0 Å². The fraction of sp³-hybridized carbons (Fsp3) is 0.476. The van der Waals surface area contributed by atoms with Gasteiger partial charge in [-0.1, -0.05) is 26.8 Å². The molecule has 2 amide bonds. The third kappa shape index (κ3) is 12.6. The van der Waals surface area contributed by atoms with E-state index in [1.54, 1.807) is 37.5 Å². The number of carbonyl (C=O) groups is 3. The maximum absolute atomic E-state index is 12.1. The van der Waals surface area contributed by atoms with Crippen LogP contribution in [0.3, 0.4) is 0 Å². The van der Waals surface area contributed by atoms with Gasteiger partial charge in [-0.25, -0.2) is 4.79 Å². The predicted octanol–water partition coefficient (Wildman–Crippen LogP) is 3.09. The van der Waals surface area contributed by atoms with E-state index in [0.717, 1.165) is 12.2 Å². The molecule has 1 rings (SSSR count). The molecule has 2 atom stereocenters. The van der Waals surface area contributed by atoms with Crippen molar-refractivity contribution >= 4 is 23.5 Å². The summed E-state index contributed by atoms with van der Waals surface area (Å²) in [5.41, 5.74) is 6.43. The van der Waals surface area contributed by atoms with Crippen molar-refractivity contribution in [2.45, 2.75) is 51.9 Å². The number of methoxy groups -OCH3 is 1.